The Morgan fingerprint density at radius 2 is 1.90 bits per heavy atom. The molecule has 1 aliphatic heterocycles. The minimum atomic E-state index is 0.324. The lowest BCUT2D eigenvalue weighted by atomic mass is 10.1. The number of hydrogen-bond donors (Lipinski definition) is 1. The first kappa shape index (κ1) is 16.0. The monoisotopic (exact) mass is 295 g/mol. The van der Waals surface area contributed by atoms with Gasteiger partial charge in [-0.3, -0.25) is 9.80 Å². The van der Waals surface area contributed by atoms with E-state index in [0.717, 1.165) is 19.5 Å². The molecule has 0 bridgehead atoms. The Balaban J connectivity index is 1.53. The second-order valence-corrected chi connectivity index (χ2v) is 7.41. The third kappa shape index (κ3) is 5.17. The van der Waals surface area contributed by atoms with Crippen LogP contribution in [0, 0.1) is 0 Å². The van der Waals surface area contributed by atoms with Crippen molar-refractivity contribution in [2.75, 3.05) is 45.8 Å². The predicted molar refractivity (Wildman–Crippen MR) is 88.7 cm³/mol. The lowest BCUT2D eigenvalue weighted by Crippen LogP contribution is -2.54. The Kier molecular flexibility index (Phi) is 6.02. The van der Waals surface area contributed by atoms with E-state index in [4.69, 9.17) is 0 Å². The summed E-state index contributed by atoms with van der Waals surface area (Å²) in [5.41, 5.74) is 1.78. The van der Waals surface area contributed by atoms with Gasteiger partial charge in [0.15, 0.2) is 0 Å². The summed E-state index contributed by atoms with van der Waals surface area (Å²) in [6.07, 6.45) is 1.15. The third-order valence-electron chi connectivity index (χ3n) is 4.10. The molecular formula is C16H29N3S. The quantitative estimate of drug-likeness (QED) is 0.813. The molecule has 2 heterocycles. The normalized spacial score (nSPS) is 18.6. The van der Waals surface area contributed by atoms with E-state index < -0.39 is 0 Å². The van der Waals surface area contributed by atoms with Gasteiger partial charge in [-0.15, -0.1) is 0 Å². The average Bonchev–Trinajstić information content (AvgIpc) is 2.91. The van der Waals surface area contributed by atoms with Gasteiger partial charge in [0.05, 0.1) is 0 Å². The van der Waals surface area contributed by atoms with E-state index in [0.29, 0.717) is 5.54 Å². The first-order valence-electron chi connectivity index (χ1n) is 7.75. The largest absolute Gasteiger partial charge is 0.315 e. The van der Waals surface area contributed by atoms with Crippen LogP contribution in [0.2, 0.25) is 0 Å². The number of hydrogen-bond acceptors (Lipinski definition) is 4. The van der Waals surface area contributed by atoms with Gasteiger partial charge in [-0.25, -0.2) is 0 Å². The SMILES string of the molecule is CC(C)(C)N1CCN(CCNCCc2ccsc2)CC1. The highest BCUT2D eigenvalue weighted by Crippen LogP contribution is 2.15. The van der Waals surface area contributed by atoms with E-state index >= 15 is 0 Å². The lowest BCUT2D eigenvalue weighted by Gasteiger charge is -2.42. The molecule has 0 aromatic carbocycles. The highest BCUT2D eigenvalue weighted by molar-refractivity contribution is 7.07. The minimum Gasteiger partial charge on any atom is -0.315 e. The van der Waals surface area contributed by atoms with Gasteiger partial charge in [-0.05, 0) is 56.1 Å². The summed E-state index contributed by atoms with van der Waals surface area (Å²) in [5.74, 6) is 0. The van der Waals surface area contributed by atoms with Gasteiger partial charge in [-0.2, -0.15) is 11.3 Å². The van der Waals surface area contributed by atoms with E-state index in [1.54, 1.807) is 11.3 Å². The summed E-state index contributed by atoms with van der Waals surface area (Å²) in [6.45, 7) is 15.2. The summed E-state index contributed by atoms with van der Waals surface area (Å²) >= 11 is 1.79. The van der Waals surface area contributed by atoms with Crippen LogP contribution in [0.3, 0.4) is 0 Å². The van der Waals surface area contributed by atoms with Crippen molar-refractivity contribution in [1.29, 1.82) is 0 Å². The Labute approximate surface area is 128 Å². The van der Waals surface area contributed by atoms with Crippen molar-refractivity contribution in [3.8, 4) is 0 Å². The minimum absolute atomic E-state index is 0.324. The van der Waals surface area contributed by atoms with Gasteiger partial charge in [0.25, 0.3) is 0 Å². The smallest absolute Gasteiger partial charge is 0.0126 e. The molecule has 0 atom stereocenters. The zero-order valence-corrected chi connectivity index (χ0v) is 14.0. The van der Waals surface area contributed by atoms with Gasteiger partial charge >= 0.3 is 0 Å². The summed E-state index contributed by atoms with van der Waals surface area (Å²) in [5, 5.41) is 7.96. The fourth-order valence-electron chi connectivity index (χ4n) is 2.67. The van der Waals surface area contributed by atoms with Crippen molar-refractivity contribution in [3.63, 3.8) is 0 Å². The summed E-state index contributed by atoms with van der Waals surface area (Å²) in [7, 11) is 0. The lowest BCUT2D eigenvalue weighted by molar-refractivity contribution is 0.0628. The molecule has 1 N–H and O–H groups in total. The van der Waals surface area contributed by atoms with Crippen LogP contribution in [0.5, 0.6) is 0 Å². The van der Waals surface area contributed by atoms with E-state index in [1.807, 2.05) is 0 Å². The number of piperazine rings is 1. The fraction of sp³-hybridized carbons (Fsp3) is 0.750. The first-order chi connectivity index (χ1) is 9.55. The molecular weight excluding hydrogens is 266 g/mol. The molecule has 0 radical (unpaired) electrons. The van der Waals surface area contributed by atoms with Crippen LogP contribution in [-0.2, 0) is 6.42 Å². The van der Waals surface area contributed by atoms with Crippen LogP contribution in [0.15, 0.2) is 16.8 Å². The van der Waals surface area contributed by atoms with Crippen molar-refractivity contribution in [2.45, 2.75) is 32.7 Å². The maximum absolute atomic E-state index is 3.56. The van der Waals surface area contributed by atoms with Crippen molar-refractivity contribution in [3.05, 3.63) is 22.4 Å². The van der Waals surface area contributed by atoms with Gasteiger partial charge in [-0.1, -0.05) is 0 Å². The maximum atomic E-state index is 3.56. The fourth-order valence-corrected chi connectivity index (χ4v) is 3.38. The van der Waals surface area contributed by atoms with Crippen molar-refractivity contribution in [1.82, 2.24) is 15.1 Å². The average molecular weight is 295 g/mol. The van der Waals surface area contributed by atoms with Crippen LogP contribution in [0.4, 0.5) is 0 Å². The van der Waals surface area contributed by atoms with Crippen LogP contribution in [-0.4, -0.2) is 61.2 Å². The highest BCUT2D eigenvalue weighted by Gasteiger charge is 2.25. The van der Waals surface area contributed by atoms with Gasteiger partial charge in [0, 0.05) is 44.8 Å². The molecule has 0 unspecified atom stereocenters. The molecule has 1 saturated heterocycles. The topological polar surface area (TPSA) is 18.5 Å². The number of rotatable bonds is 6. The van der Waals surface area contributed by atoms with Crippen LogP contribution in [0.25, 0.3) is 0 Å². The number of nitrogens with zero attached hydrogens (tertiary/aromatic N) is 2. The van der Waals surface area contributed by atoms with Crippen molar-refractivity contribution >= 4 is 11.3 Å². The zero-order chi connectivity index (χ0) is 14.4. The molecule has 1 fully saturated rings. The van der Waals surface area contributed by atoms with Crippen LogP contribution >= 0.6 is 11.3 Å². The van der Waals surface area contributed by atoms with Crippen LogP contribution < -0.4 is 5.32 Å². The molecule has 0 spiro atoms. The molecule has 20 heavy (non-hydrogen) atoms. The highest BCUT2D eigenvalue weighted by atomic mass is 32.1. The van der Waals surface area contributed by atoms with E-state index in [2.05, 4.69) is 52.7 Å². The summed E-state index contributed by atoms with van der Waals surface area (Å²) < 4.78 is 0. The van der Waals surface area contributed by atoms with E-state index in [-0.39, 0.29) is 0 Å². The van der Waals surface area contributed by atoms with Gasteiger partial charge in [0.1, 0.15) is 0 Å². The Bertz CT molecular complexity index is 362. The Hall–Kier alpha value is -0.420. The first-order valence-corrected chi connectivity index (χ1v) is 8.69. The van der Waals surface area contributed by atoms with E-state index in [9.17, 15) is 0 Å². The Morgan fingerprint density at radius 3 is 2.50 bits per heavy atom. The summed E-state index contributed by atoms with van der Waals surface area (Å²) in [6, 6.07) is 2.22. The number of thiophene rings is 1. The second kappa shape index (κ2) is 7.55. The molecule has 3 nitrogen and oxygen atoms in total. The standard InChI is InChI=1S/C16H29N3S/c1-16(2,3)19-11-9-18(10-12-19)8-7-17-6-4-15-5-13-20-14-15/h5,13-14,17H,4,6-12H2,1-3H3. The van der Waals surface area contributed by atoms with Crippen molar-refractivity contribution in [2.24, 2.45) is 0 Å². The van der Waals surface area contributed by atoms with Gasteiger partial charge < -0.3 is 5.32 Å². The van der Waals surface area contributed by atoms with E-state index in [1.165, 1.54) is 38.3 Å². The van der Waals surface area contributed by atoms with Gasteiger partial charge in [0.2, 0.25) is 0 Å². The van der Waals surface area contributed by atoms with Crippen LogP contribution in [0.1, 0.15) is 26.3 Å². The molecule has 0 amide bonds. The molecule has 1 aromatic heterocycles. The Morgan fingerprint density at radius 1 is 1.15 bits per heavy atom. The zero-order valence-electron chi connectivity index (χ0n) is 13.2. The van der Waals surface area contributed by atoms with Crippen molar-refractivity contribution < 1.29 is 0 Å². The molecule has 4 heteroatoms. The molecule has 1 aromatic rings. The molecule has 0 aliphatic carbocycles. The molecule has 2 rings (SSSR count). The summed E-state index contributed by atoms with van der Waals surface area (Å²) in [4.78, 5) is 5.17. The third-order valence-corrected chi connectivity index (χ3v) is 4.83. The maximum Gasteiger partial charge on any atom is 0.0126 e. The molecule has 114 valence electrons. The number of nitrogens with one attached hydrogen (secondary N) is 1. The predicted octanol–water partition coefficient (Wildman–Crippen LogP) is 2.30. The second-order valence-electron chi connectivity index (χ2n) is 6.63. The molecule has 1 aliphatic rings. The molecule has 0 saturated carbocycles.